The van der Waals surface area contributed by atoms with E-state index in [1.54, 1.807) is 33.4 Å². The number of rotatable bonds is 0. The molecule has 3 aromatic rings. The molecule has 4 unspecified atom stereocenters. The molecule has 4 saturated carbocycles. The van der Waals surface area contributed by atoms with Gasteiger partial charge in [0.2, 0.25) is 0 Å². The minimum Gasteiger partial charge on any atom is -0.399 e. The molecule has 176 valence electrons. The maximum atomic E-state index is 6.45. The van der Waals surface area contributed by atoms with Gasteiger partial charge < -0.3 is 5.73 Å². The maximum absolute atomic E-state index is 6.45. The Balaban J connectivity index is 1.33. The topological polar surface area (TPSA) is 26.0 Å². The maximum Gasteiger partial charge on any atom is 0.0317 e. The SMILES string of the molecule is Nc1ccc2c(c1)C1(CC3CCC(C3)C1)c1cc3c(cc1-2)C1(CC2CCC(C2)C1)c1ccccc1-3. The Morgan fingerprint density at radius 3 is 1.60 bits per heavy atom. The molecule has 4 bridgehead atoms. The molecular weight excluding hydrogens is 422 g/mol. The standard InChI is InChI=1S/C34H35N/c35-24-9-10-26-28-15-31-27(14-32(28)34(30(26)13-24)18-22-7-8-23(12-22)19-34)25-3-1-2-4-29(25)33(31)16-20-5-6-21(11-20)17-33/h1-4,9-10,13-15,20-23H,5-8,11-12,16-19,35H2. The lowest BCUT2D eigenvalue weighted by molar-refractivity contribution is 0.253. The molecule has 0 amide bonds. The van der Waals surface area contributed by atoms with Crippen molar-refractivity contribution in [1.29, 1.82) is 0 Å². The highest BCUT2D eigenvalue weighted by Crippen LogP contribution is 2.66. The van der Waals surface area contributed by atoms with Crippen LogP contribution in [0.4, 0.5) is 5.69 Å². The molecule has 0 aliphatic heterocycles. The zero-order valence-electron chi connectivity index (χ0n) is 20.7. The summed E-state index contributed by atoms with van der Waals surface area (Å²) in [5.74, 6) is 3.59. The summed E-state index contributed by atoms with van der Waals surface area (Å²) < 4.78 is 0. The van der Waals surface area contributed by atoms with Gasteiger partial charge in [-0.3, -0.25) is 0 Å². The summed E-state index contributed by atoms with van der Waals surface area (Å²) in [5, 5.41) is 0. The number of nitrogens with two attached hydrogens (primary N) is 1. The highest BCUT2D eigenvalue weighted by Gasteiger charge is 2.54. The zero-order valence-corrected chi connectivity index (χ0v) is 20.7. The van der Waals surface area contributed by atoms with Crippen molar-refractivity contribution in [3.8, 4) is 22.3 Å². The number of hydrogen-bond acceptors (Lipinski definition) is 1. The first-order chi connectivity index (χ1) is 17.1. The van der Waals surface area contributed by atoms with E-state index in [4.69, 9.17) is 5.73 Å². The van der Waals surface area contributed by atoms with Gasteiger partial charge >= 0.3 is 0 Å². The summed E-state index contributed by atoms with van der Waals surface area (Å²) in [6.07, 6.45) is 14.0. The first-order valence-corrected chi connectivity index (χ1v) is 14.3. The van der Waals surface area contributed by atoms with Crippen LogP contribution < -0.4 is 5.73 Å². The van der Waals surface area contributed by atoms with Crippen LogP contribution in [0, 0.1) is 23.7 Å². The monoisotopic (exact) mass is 457 g/mol. The average Bonchev–Trinajstić information content (AvgIpc) is 3.55. The van der Waals surface area contributed by atoms with Gasteiger partial charge in [0, 0.05) is 16.5 Å². The Hall–Kier alpha value is -2.54. The van der Waals surface area contributed by atoms with Crippen molar-refractivity contribution in [3.63, 3.8) is 0 Å². The van der Waals surface area contributed by atoms with Crippen molar-refractivity contribution in [3.05, 3.63) is 76.9 Å². The minimum atomic E-state index is 0.176. The van der Waals surface area contributed by atoms with Gasteiger partial charge in [0.15, 0.2) is 0 Å². The fraction of sp³-hybridized carbons (Fsp3) is 0.471. The highest BCUT2D eigenvalue weighted by molar-refractivity contribution is 5.90. The molecule has 6 aliphatic carbocycles. The summed E-state index contributed by atoms with van der Waals surface area (Å²) >= 11 is 0. The van der Waals surface area contributed by atoms with E-state index in [1.165, 1.54) is 75.3 Å². The van der Waals surface area contributed by atoms with Crippen LogP contribution in [0.2, 0.25) is 0 Å². The van der Waals surface area contributed by atoms with E-state index in [2.05, 4.69) is 54.6 Å². The summed E-state index contributed by atoms with van der Waals surface area (Å²) in [7, 11) is 0. The molecule has 0 aromatic heterocycles. The molecule has 0 saturated heterocycles. The van der Waals surface area contributed by atoms with Crippen LogP contribution in [-0.4, -0.2) is 0 Å². The Morgan fingerprint density at radius 1 is 0.514 bits per heavy atom. The van der Waals surface area contributed by atoms with E-state index in [0.717, 1.165) is 29.4 Å². The third-order valence-corrected chi connectivity index (χ3v) is 11.6. The minimum absolute atomic E-state index is 0.176. The Bertz CT molecular complexity index is 1390. The first-order valence-electron chi connectivity index (χ1n) is 14.3. The van der Waals surface area contributed by atoms with Gasteiger partial charge in [-0.05, 0) is 131 Å². The van der Waals surface area contributed by atoms with Crippen LogP contribution in [0.15, 0.2) is 54.6 Å². The summed E-state index contributed by atoms with van der Waals surface area (Å²) in [4.78, 5) is 0. The van der Waals surface area contributed by atoms with Crippen LogP contribution in [-0.2, 0) is 10.8 Å². The van der Waals surface area contributed by atoms with Crippen molar-refractivity contribution in [1.82, 2.24) is 0 Å². The third-order valence-electron chi connectivity index (χ3n) is 11.6. The van der Waals surface area contributed by atoms with Gasteiger partial charge in [0.05, 0.1) is 0 Å². The number of anilines is 1. The van der Waals surface area contributed by atoms with E-state index in [9.17, 15) is 0 Å². The smallest absolute Gasteiger partial charge is 0.0317 e. The second-order valence-corrected chi connectivity index (χ2v) is 13.4. The summed E-state index contributed by atoms with van der Waals surface area (Å²) in [6, 6.07) is 21.8. The van der Waals surface area contributed by atoms with E-state index < -0.39 is 0 Å². The van der Waals surface area contributed by atoms with Crippen molar-refractivity contribution in [2.75, 3.05) is 5.73 Å². The number of fused-ring (bicyclic) bond motifs is 14. The fourth-order valence-corrected chi connectivity index (χ4v) is 10.6. The molecule has 6 aliphatic rings. The lowest BCUT2D eigenvalue weighted by Gasteiger charge is -2.41. The second-order valence-electron chi connectivity index (χ2n) is 13.4. The van der Waals surface area contributed by atoms with Gasteiger partial charge in [-0.15, -0.1) is 0 Å². The molecule has 1 nitrogen and oxygen atoms in total. The second kappa shape index (κ2) is 6.41. The third kappa shape index (κ3) is 2.36. The Kier molecular flexibility index (Phi) is 3.60. The molecule has 4 atom stereocenters. The largest absolute Gasteiger partial charge is 0.399 e. The van der Waals surface area contributed by atoms with Crippen molar-refractivity contribution < 1.29 is 0 Å². The van der Waals surface area contributed by atoms with E-state index >= 15 is 0 Å². The van der Waals surface area contributed by atoms with Gasteiger partial charge in [0.1, 0.15) is 0 Å². The lowest BCUT2D eigenvalue weighted by atomic mass is 9.62. The predicted molar refractivity (Wildman–Crippen MR) is 143 cm³/mol. The van der Waals surface area contributed by atoms with Crippen LogP contribution in [0.3, 0.4) is 0 Å². The molecular formula is C34H35N. The average molecular weight is 458 g/mol. The molecule has 2 spiro atoms. The van der Waals surface area contributed by atoms with Gasteiger partial charge in [-0.1, -0.05) is 56.0 Å². The molecule has 9 rings (SSSR count). The quantitative estimate of drug-likeness (QED) is 0.338. The number of nitrogen functional groups attached to an aromatic ring is 1. The van der Waals surface area contributed by atoms with Crippen molar-refractivity contribution >= 4 is 5.69 Å². The predicted octanol–water partition coefficient (Wildman–Crippen LogP) is 8.22. The first kappa shape index (κ1) is 19.6. The van der Waals surface area contributed by atoms with E-state index in [0.29, 0.717) is 0 Å². The molecule has 3 aromatic carbocycles. The van der Waals surface area contributed by atoms with E-state index in [1.807, 2.05) is 0 Å². The molecule has 2 N–H and O–H groups in total. The Morgan fingerprint density at radius 2 is 1.00 bits per heavy atom. The molecule has 1 heteroatoms. The van der Waals surface area contributed by atoms with Crippen molar-refractivity contribution in [2.45, 2.75) is 75.0 Å². The van der Waals surface area contributed by atoms with Gasteiger partial charge in [0.25, 0.3) is 0 Å². The van der Waals surface area contributed by atoms with Crippen LogP contribution in [0.5, 0.6) is 0 Å². The highest BCUT2D eigenvalue weighted by atomic mass is 14.6. The van der Waals surface area contributed by atoms with Crippen molar-refractivity contribution in [2.24, 2.45) is 23.7 Å². The van der Waals surface area contributed by atoms with Crippen LogP contribution in [0.25, 0.3) is 22.3 Å². The zero-order chi connectivity index (χ0) is 22.9. The van der Waals surface area contributed by atoms with Crippen LogP contribution in [0.1, 0.15) is 86.5 Å². The van der Waals surface area contributed by atoms with Crippen LogP contribution >= 0.6 is 0 Å². The molecule has 35 heavy (non-hydrogen) atoms. The normalized spacial score (nSPS) is 36.9. The fourth-order valence-electron chi connectivity index (χ4n) is 10.6. The summed E-state index contributed by atoms with van der Waals surface area (Å²) in [5.41, 5.74) is 20.4. The molecule has 0 radical (unpaired) electrons. The Labute approximate surface area is 209 Å². The number of benzene rings is 3. The van der Waals surface area contributed by atoms with E-state index in [-0.39, 0.29) is 10.8 Å². The molecule has 4 fully saturated rings. The molecule has 0 heterocycles. The summed E-state index contributed by atoms with van der Waals surface area (Å²) in [6.45, 7) is 0. The van der Waals surface area contributed by atoms with Gasteiger partial charge in [-0.2, -0.15) is 0 Å². The lowest BCUT2D eigenvalue weighted by Crippen LogP contribution is -2.34. The van der Waals surface area contributed by atoms with Gasteiger partial charge in [-0.25, -0.2) is 0 Å². The number of hydrogen-bond donors (Lipinski definition) is 1.